The number of allylic oxidation sites excluding steroid dienone is 3. The van der Waals surface area contributed by atoms with Crippen LogP contribution in [0.4, 0.5) is 5.69 Å². The molecule has 1 aromatic carbocycles. The van der Waals surface area contributed by atoms with E-state index in [1.54, 1.807) is 6.08 Å². The molecule has 0 radical (unpaired) electrons. The summed E-state index contributed by atoms with van der Waals surface area (Å²) in [6.45, 7) is 0.811. The maximum absolute atomic E-state index is 9.87. The van der Waals surface area contributed by atoms with Crippen molar-refractivity contribution in [3.05, 3.63) is 52.8 Å². The number of fused-ring (bicyclic) bond motifs is 3. The molecule has 4 heteroatoms. The third kappa shape index (κ3) is 2.42. The Labute approximate surface area is 135 Å². The maximum atomic E-state index is 9.87. The molecule has 1 fully saturated rings. The van der Waals surface area contributed by atoms with E-state index < -0.39 is 0 Å². The molecule has 4 atom stereocenters. The maximum Gasteiger partial charge on any atom is 0.0929 e. The van der Waals surface area contributed by atoms with Crippen LogP contribution in [0.1, 0.15) is 30.9 Å². The summed E-state index contributed by atoms with van der Waals surface area (Å²) < 4.78 is 6.11. The second kappa shape index (κ2) is 5.64. The minimum atomic E-state index is 0.107. The fourth-order valence-electron chi connectivity index (χ4n) is 4.04. The Balaban J connectivity index is 1.70. The van der Waals surface area contributed by atoms with Gasteiger partial charge in [0.15, 0.2) is 0 Å². The van der Waals surface area contributed by atoms with E-state index >= 15 is 0 Å². The zero-order chi connectivity index (χ0) is 15.1. The Hall–Kier alpha value is -1.45. The molecule has 1 saturated heterocycles. The number of hydrogen-bond acceptors (Lipinski definition) is 3. The molecule has 3 nitrogen and oxygen atoms in total. The first-order valence-electron chi connectivity index (χ1n) is 7.96. The summed E-state index contributed by atoms with van der Waals surface area (Å²) in [5.41, 5.74) is 2.29. The van der Waals surface area contributed by atoms with E-state index in [1.807, 2.05) is 24.3 Å². The third-order valence-corrected chi connectivity index (χ3v) is 5.26. The van der Waals surface area contributed by atoms with Gasteiger partial charge in [-0.3, -0.25) is 0 Å². The van der Waals surface area contributed by atoms with Crippen molar-refractivity contribution in [2.24, 2.45) is 11.8 Å². The summed E-state index contributed by atoms with van der Waals surface area (Å²) in [6, 6.07) is 6.27. The Morgan fingerprint density at radius 2 is 2.23 bits per heavy atom. The van der Waals surface area contributed by atoms with Crippen molar-refractivity contribution >= 4 is 17.3 Å². The molecule has 1 aromatic rings. The summed E-state index contributed by atoms with van der Waals surface area (Å²) in [4.78, 5) is 0. The van der Waals surface area contributed by atoms with Gasteiger partial charge in [0.25, 0.3) is 0 Å². The highest BCUT2D eigenvalue weighted by atomic mass is 35.5. The van der Waals surface area contributed by atoms with Gasteiger partial charge in [-0.15, -0.1) is 0 Å². The molecule has 2 N–H and O–H groups in total. The molecule has 2 heterocycles. The number of nitrogens with one attached hydrogen (secondary N) is 1. The average molecular weight is 318 g/mol. The lowest BCUT2D eigenvalue weighted by molar-refractivity contribution is -0.0422. The van der Waals surface area contributed by atoms with Crippen LogP contribution in [-0.4, -0.2) is 17.8 Å². The molecule has 1 unspecified atom stereocenters. The van der Waals surface area contributed by atoms with Crippen molar-refractivity contribution in [1.29, 1.82) is 0 Å². The molecule has 22 heavy (non-hydrogen) atoms. The van der Waals surface area contributed by atoms with Crippen molar-refractivity contribution < 1.29 is 9.84 Å². The molecular formula is C18H20ClNO2. The quantitative estimate of drug-likeness (QED) is 0.794. The normalized spacial score (nSPS) is 33.4. The van der Waals surface area contributed by atoms with Crippen molar-refractivity contribution in [3.63, 3.8) is 0 Å². The van der Waals surface area contributed by atoms with E-state index in [9.17, 15) is 5.11 Å². The topological polar surface area (TPSA) is 41.5 Å². The van der Waals surface area contributed by atoms with E-state index in [-0.39, 0.29) is 12.1 Å². The molecule has 0 aromatic heterocycles. The first-order chi connectivity index (χ1) is 10.7. The minimum Gasteiger partial charge on any atom is -0.512 e. The van der Waals surface area contributed by atoms with Gasteiger partial charge in [0.2, 0.25) is 0 Å². The summed E-state index contributed by atoms with van der Waals surface area (Å²) in [5, 5.41) is 14.3. The van der Waals surface area contributed by atoms with Crippen molar-refractivity contribution in [2.75, 3.05) is 11.9 Å². The molecule has 0 amide bonds. The summed E-state index contributed by atoms with van der Waals surface area (Å²) in [7, 11) is 0. The zero-order valence-corrected chi connectivity index (χ0v) is 13.1. The van der Waals surface area contributed by atoms with Gasteiger partial charge in [-0.05, 0) is 37.1 Å². The van der Waals surface area contributed by atoms with Gasteiger partial charge >= 0.3 is 0 Å². The third-order valence-electron chi connectivity index (χ3n) is 5.02. The Morgan fingerprint density at radius 1 is 1.32 bits per heavy atom. The average Bonchev–Trinajstić information content (AvgIpc) is 2.54. The number of aliphatic hydroxyl groups excluding tert-OH is 1. The highest BCUT2D eigenvalue weighted by Crippen LogP contribution is 2.47. The van der Waals surface area contributed by atoms with E-state index in [0.29, 0.717) is 24.0 Å². The largest absolute Gasteiger partial charge is 0.512 e. The van der Waals surface area contributed by atoms with Crippen molar-refractivity contribution in [2.45, 2.75) is 31.4 Å². The molecule has 116 valence electrons. The number of benzene rings is 1. The fourth-order valence-corrected chi connectivity index (χ4v) is 4.22. The lowest BCUT2D eigenvalue weighted by Crippen LogP contribution is -2.45. The molecule has 4 rings (SSSR count). The van der Waals surface area contributed by atoms with Crippen LogP contribution in [0.15, 0.2) is 42.2 Å². The van der Waals surface area contributed by atoms with Crippen LogP contribution in [-0.2, 0) is 4.74 Å². The number of anilines is 1. The van der Waals surface area contributed by atoms with Gasteiger partial charge in [0, 0.05) is 47.2 Å². The Kier molecular flexibility index (Phi) is 3.63. The van der Waals surface area contributed by atoms with Crippen LogP contribution < -0.4 is 5.32 Å². The Morgan fingerprint density at radius 3 is 3.09 bits per heavy atom. The highest BCUT2D eigenvalue weighted by Gasteiger charge is 2.42. The lowest BCUT2D eigenvalue weighted by atomic mass is 9.73. The second-order valence-electron chi connectivity index (χ2n) is 6.41. The van der Waals surface area contributed by atoms with E-state index in [4.69, 9.17) is 16.3 Å². The van der Waals surface area contributed by atoms with Gasteiger partial charge in [-0.25, -0.2) is 0 Å². The first-order valence-corrected chi connectivity index (χ1v) is 8.34. The zero-order valence-electron chi connectivity index (χ0n) is 12.3. The molecular weight excluding hydrogens is 298 g/mol. The van der Waals surface area contributed by atoms with Crippen LogP contribution in [0, 0.1) is 11.8 Å². The van der Waals surface area contributed by atoms with Crippen LogP contribution in [0.25, 0.3) is 0 Å². The summed E-state index contributed by atoms with van der Waals surface area (Å²) in [6.07, 6.45) is 8.97. The monoisotopic (exact) mass is 317 g/mol. The molecule has 0 saturated carbocycles. The molecule has 1 aliphatic carbocycles. The number of halogens is 1. The van der Waals surface area contributed by atoms with Gasteiger partial charge in [0.1, 0.15) is 0 Å². The van der Waals surface area contributed by atoms with E-state index in [0.717, 1.165) is 30.2 Å². The Bertz CT molecular complexity index is 640. The predicted molar refractivity (Wildman–Crippen MR) is 88.2 cm³/mol. The van der Waals surface area contributed by atoms with Crippen LogP contribution in [0.3, 0.4) is 0 Å². The van der Waals surface area contributed by atoms with E-state index in [2.05, 4.69) is 11.4 Å². The van der Waals surface area contributed by atoms with Crippen molar-refractivity contribution in [3.8, 4) is 0 Å². The minimum absolute atomic E-state index is 0.107. The predicted octanol–water partition coefficient (Wildman–Crippen LogP) is 4.62. The SMILES string of the molecule is OC1=CC=CC([C@@H]2Nc3ccc(Cl)cc3[C@H]3OCCC[C@H]32)C1. The van der Waals surface area contributed by atoms with Gasteiger partial charge in [-0.2, -0.15) is 0 Å². The lowest BCUT2D eigenvalue weighted by Gasteiger charge is -2.45. The fraction of sp³-hybridized carbons (Fsp3) is 0.444. The van der Waals surface area contributed by atoms with Gasteiger partial charge < -0.3 is 15.2 Å². The highest BCUT2D eigenvalue weighted by molar-refractivity contribution is 6.30. The standard InChI is InChI=1S/C18H20ClNO2/c19-12-6-7-16-15(10-12)18-14(5-2-8-22-18)17(20-16)11-3-1-4-13(21)9-11/h1,3-4,6-7,10-11,14,17-18,20-21H,2,5,8-9H2/t11?,14-,17-,18-/m0/s1. The van der Waals surface area contributed by atoms with Gasteiger partial charge in [0.05, 0.1) is 11.9 Å². The molecule has 2 aliphatic heterocycles. The number of aliphatic hydroxyl groups is 1. The molecule has 3 aliphatic rings. The number of hydrogen-bond donors (Lipinski definition) is 2. The summed E-state index contributed by atoms with van der Waals surface area (Å²) in [5.74, 6) is 1.17. The van der Waals surface area contributed by atoms with E-state index in [1.165, 1.54) is 5.56 Å². The van der Waals surface area contributed by atoms with Crippen molar-refractivity contribution in [1.82, 2.24) is 0 Å². The molecule has 0 spiro atoms. The van der Waals surface area contributed by atoms with Crippen LogP contribution in [0.2, 0.25) is 5.02 Å². The number of rotatable bonds is 1. The summed E-state index contributed by atoms with van der Waals surface area (Å²) >= 11 is 6.18. The van der Waals surface area contributed by atoms with Crippen LogP contribution in [0.5, 0.6) is 0 Å². The van der Waals surface area contributed by atoms with Gasteiger partial charge in [-0.1, -0.05) is 23.8 Å². The number of ether oxygens (including phenoxy) is 1. The first kappa shape index (κ1) is 14.2. The second-order valence-corrected chi connectivity index (χ2v) is 6.85. The molecule has 0 bridgehead atoms. The van der Waals surface area contributed by atoms with Crippen LogP contribution >= 0.6 is 11.6 Å². The smallest absolute Gasteiger partial charge is 0.0929 e.